The second-order valence-corrected chi connectivity index (χ2v) is 8.81. The highest BCUT2D eigenvalue weighted by Gasteiger charge is 2.34. The van der Waals surface area contributed by atoms with Gasteiger partial charge in [-0.2, -0.15) is 0 Å². The lowest BCUT2D eigenvalue weighted by Crippen LogP contribution is -2.46. The summed E-state index contributed by atoms with van der Waals surface area (Å²) in [6, 6.07) is 2.06. The Kier molecular flexibility index (Phi) is 5.11. The van der Waals surface area contributed by atoms with Crippen LogP contribution in [0.5, 0.6) is 0 Å². The Labute approximate surface area is 146 Å². The van der Waals surface area contributed by atoms with Gasteiger partial charge in [-0.25, -0.2) is 21.5 Å². The van der Waals surface area contributed by atoms with E-state index in [1.807, 2.05) is 0 Å². The van der Waals surface area contributed by atoms with Crippen LogP contribution < -0.4 is 4.90 Å². The molecular formula is C17H22F2N2O3S. The van der Waals surface area contributed by atoms with Gasteiger partial charge in [-0.15, -0.1) is 0 Å². The number of sulfonamides is 1. The Morgan fingerprint density at radius 3 is 2.52 bits per heavy atom. The topological polar surface area (TPSA) is 57.7 Å². The Morgan fingerprint density at radius 2 is 1.88 bits per heavy atom. The fourth-order valence-electron chi connectivity index (χ4n) is 3.63. The van der Waals surface area contributed by atoms with Crippen LogP contribution in [0.25, 0.3) is 0 Å². The number of hydrogen-bond acceptors (Lipinski definition) is 3. The normalized spacial score (nSPS) is 19.7. The predicted octanol–water partition coefficient (Wildman–Crippen LogP) is 2.31. The summed E-state index contributed by atoms with van der Waals surface area (Å²) in [5.41, 5.74) is 0.698. The van der Waals surface area contributed by atoms with E-state index in [1.165, 1.54) is 15.3 Å². The molecule has 0 spiro atoms. The van der Waals surface area contributed by atoms with Gasteiger partial charge in [0.05, 0.1) is 11.4 Å². The highest BCUT2D eigenvalue weighted by Crippen LogP contribution is 2.33. The smallest absolute Gasteiger partial charge is 0.230 e. The lowest BCUT2D eigenvalue weighted by atomic mass is 9.93. The molecular weight excluding hydrogens is 350 g/mol. The molecule has 0 saturated carbocycles. The molecule has 0 aromatic heterocycles. The van der Waals surface area contributed by atoms with Crippen molar-refractivity contribution in [2.45, 2.75) is 32.6 Å². The number of amides is 1. The molecule has 3 rings (SSSR count). The van der Waals surface area contributed by atoms with Crippen LogP contribution in [0.15, 0.2) is 12.1 Å². The van der Waals surface area contributed by atoms with Gasteiger partial charge in [-0.1, -0.05) is 0 Å². The fraction of sp³-hybridized carbons (Fsp3) is 0.588. The molecule has 0 aliphatic carbocycles. The van der Waals surface area contributed by atoms with E-state index in [0.717, 1.165) is 6.07 Å². The molecule has 5 nitrogen and oxygen atoms in total. The molecule has 0 atom stereocenters. The van der Waals surface area contributed by atoms with E-state index in [9.17, 15) is 22.0 Å². The van der Waals surface area contributed by atoms with Gasteiger partial charge in [0.1, 0.15) is 11.6 Å². The van der Waals surface area contributed by atoms with Gasteiger partial charge in [0.2, 0.25) is 15.9 Å². The summed E-state index contributed by atoms with van der Waals surface area (Å²) >= 11 is 0. The van der Waals surface area contributed by atoms with Crippen molar-refractivity contribution in [3.05, 3.63) is 29.3 Å². The average Bonchev–Trinajstić information content (AvgIpc) is 2.60. The summed E-state index contributed by atoms with van der Waals surface area (Å²) in [5.74, 6) is -1.75. The zero-order valence-electron chi connectivity index (χ0n) is 14.2. The molecule has 138 valence electrons. The zero-order valence-corrected chi connectivity index (χ0v) is 15.0. The molecule has 2 aliphatic heterocycles. The molecule has 1 aromatic rings. The number of anilines is 1. The Balaban J connectivity index is 1.76. The molecule has 25 heavy (non-hydrogen) atoms. The van der Waals surface area contributed by atoms with Gasteiger partial charge < -0.3 is 4.90 Å². The SMILES string of the molecule is CCS(=O)(=O)N1CCC(C(=O)N2CCCc3c(F)cc(F)cc32)CC1. The summed E-state index contributed by atoms with van der Waals surface area (Å²) in [5, 5.41) is 0. The molecule has 1 saturated heterocycles. The van der Waals surface area contributed by atoms with Crippen molar-refractivity contribution >= 4 is 21.6 Å². The van der Waals surface area contributed by atoms with Crippen molar-refractivity contribution in [1.82, 2.24) is 4.31 Å². The minimum absolute atomic E-state index is 0.0453. The van der Waals surface area contributed by atoms with E-state index < -0.39 is 21.7 Å². The largest absolute Gasteiger partial charge is 0.312 e. The van der Waals surface area contributed by atoms with Crippen LogP contribution in [-0.4, -0.2) is 44.0 Å². The van der Waals surface area contributed by atoms with Crippen LogP contribution in [0.3, 0.4) is 0 Å². The Morgan fingerprint density at radius 1 is 1.20 bits per heavy atom. The standard InChI is InChI=1S/C17H22F2N2O3S/c1-2-25(23,24)20-8-5-12(6-9-20)17(22)21-7-3-4-14-15(19)10-13(18)11-16(14)21/h10-12H,2-9H2,1H3. The number of fused-ring (bicyclic) bond motifs is 1. The number of halogens is 2. The molecule has 2 heterocycles. The molecule has 1 fully saturated rings. The first-order valence-corrected chi connectivity index (χ1v) is 10.2. The number of benzene rings is 1. The quantitative estimate of drug-likeness (QED) is 0.818. The van der Waals surface area contributed by atoms with Crippen LogP contribution in [0.2, 0.25) is 0 Å². The van der Waals surface area contributed by atoms with E-state index >= 15 is 0 Å². The number of piperidine rings is 1. The maximum Gasteiger partial charge on any atom is 0.230 e. The molecule has 1 amide bonds. The number of nitrogens with zero attached hydrogens (tertiary/aromatic N) is 2. The van der Waals surface area contributed by atoms with Crippen molar-refractivity contribution in [2.24, 2.45) is 5.92 Å². The van der Waals surface area contributed by atoms with Gasteiger partial charge in [0.25, 0.3) is 0 Å². The predicted molar refractivity (Wildman–Crippen MR) is 90.8 cm³/mol. The Hall–Kier alpha value is -1.54. The van der Waals surface area contributed by atoms with Crippen LogP contribution in [0.1, 0.15) is 31.7 Å². The summed E-state index contributed by atoms with van der Waals surface area (Å²) in [6.45, 7) is 2.65. The van der Waals surface area contributed by atoms with Crippen LogP contribution in [0, 0.1) is 17.6 Å². The molecule has 0 bridgehead atoms. The van der Waals surface area contributed by atoms with Crippen LogP contribution in [-0.2, 0) is 21.2 Å². The van der Waals surface area contributed by atoms with Gasteiger partial charge in [0.15, 0.2) is 0 Å². The second kappa shape index (κ2) is 6.99. The highest BCUT2D eigenvalue weighted by atomic mass is 32.2. The highest BCUT2D eigenvalue weighted by molar-refractivity contribution is 7.89. The van der Waals surface area contributed by atoms with Gasteiger partial charge in [-0.3, -0.25) is 4.79 Å². The monoisotopic (exact) mass is 372 g/mol. The zero-order chi connectivity index (χ0) is 18.2. The lowest BCUT2D eigenvalue weighted by Gasteiger charge is -2.36. The van der Waals surface area contributed by atoms with Crippen molar-refractivity contribution in [3.63, 3.8) is 0 Å². The minimum atomic E-state index is -3.25. The molecule has 0 N–H and O–H groups in total. The van der Waals surface area contributed by atoms with Crippen molar-refractivity contribution in [3.8, 4) is 0 Å². The first-order valence-electron chi connectivity index (χ1n) is 8.60. The van der Waals surface area contributed by atoms with E-state index in [-0.39, 0.29) is 17.6 Å². The average molecular weight is 372 g/mol. The number of hydrogen-bond donors (Lipinski definition) is 0. The number of carbonyl (C=O) groups is 1. The first-order chi connectivity index (χ1) is 11.8. The van der Waals surface area contributed by atoms with Gasteiger partial charge in [-0.05, 0) is 38.7 Å². The fourth-order valence-corrected chi connectivity index (χ4v) is 4.76. The molecule has 2 aliphatic rings. The molecule has 0 unspecified atom stereocenters. The van der Waals surface area contributed by atoms with E-state index in [2.05, 4.69) is 0 Å². The first kappa shape index (κ1) is 18.3. The van der Waals surface area contributed by atoms with Crippen LogP contribution in [0.4, 0.5) is 14.5 Å². The molecule has 0 radical (unpaired) electrons. The van der Waals surface area contributed by atoms with Crippen molar-refractivity contribution in [2.75, 3.05) is 30.3 Å². The summed E-state index contributed by atoms with van der Waals surface area (Å²) < 4.78 is 52.8. The van der Waals surface area contributed by atoms with E-state index in [0.29, 0.717) is 56.6 Å². The molecule has 8 heteroatoms. The van der Waals surface area contributed by atoms with E-state index in [1.54, 1.807) is 6.92 Å². The summed E-state index contributed by atoms with van der Waals surface area (Å²) in [4.78, 5) is 14.3. The maximum atomic E-state index is 14.0. The van der Waals surface area contributed by atoms with E-state index in [4.69, 9.17) is 0 Å². The van der Waals surface area contributed by atoms with Gasteiger partial charge >= 0.3 is 0 Å². The summed E-state index contributed by atoms with van der Waals surface area (Å²) in [7, 11) is -3.25. The summed E-state index contributed by atoms with van der Waals surface area (Å²) in [6.07, 6.45) is 1.98. The maximum absolute atomic E-state index is 14.0. The number of rotatable bonds is 3. The van der Waals surface area contributed by atoms with Crippen LogP contribution >= 0.6 is 0 Å². The third-order valence-electron chi connectivity index (χ3n) is 5.06. The van der Waals surface area contributed by atoms with Crippen molar-refractivity contribution in [1.29, 1.82) is 0 Å². The minimum Gasteiger partial charge on any atom is -0.312 e. The third-order valence-corrected chi connectivity index (χ3v) is 6.94. The van der Waals surface area contributed by atoms with Crippen molar-refractivity contribution < 1.29 is 22.0 Å². The third kappa shape index (κ3) is 3.55. The Bertz CT molecular complexity index is 774. The molecule has 1 aromatic carbocycles. The second-order valence-electron chi connectivity index (χ2n) is 6.55. The lowest BCUT2D eigenvalue weighted by molar-refractivity contribution is -0.123. The number of carbonyl (C=O) groups excluding carboxylic acids is 1. The van der Waals surface area contributed by atoms with Gasteiger partial charge in [0, 0.05) is 37.2 Å².